The van der Waals surface area contributed by atoms with Gasteiger partial charge >= 0.3 is 0 Å². The summed E-state index contributed by atoms with van der Waals surface area (Å²) in [5, 5.41) is 4.18. The van der Waals surface area contributed by atoms with Crippen LogP contribution < -0.4 is 5.43 Å². The molecule has 4 heteroatoms. The van der Waals surface area contributed by atoms with Crippen LogP contribution in [0.4, 0.5) is 0 Å². The molecule has 2 aromatic rings. The number of unbranched alkanes of at least 4 members (excludes halogenated alkanes) is 3. The first-order valence-electron chi connectivity index (χ1n) is 8.60. The van der Waals surface area contributed by atoms with Crippen LogP contribution in [0.15, 0.2) is 46.1 Å². The number of carbonyl (C=O) groups excluding carboxylic acids is 1. The Morgan fingerprint density at radius 2 is 1.88 bits per heavy atom. The fourth-order valence-corrected chi connectivity index (χ4v) is 2.55. The van der Waals surface area contributed by atoms with Gasteiger partial charge < -0.3 is 4.42 Å². The third-order valence-electron chi connectivity index (χ3n) is 4.12. The summed E-state index contributed by atoms with van der Waals surface area (Å²) in [5.41, 5.74) is 6.22. The Morgan fingerprint density at radius 3 is 2.50 bits per heavy atom. The lowest BCUT2D eigenvalue weighted by Gasteiger charge is -2.05. The number of amides is 1. The quantitative estimate of drug-likeness (QED) is 0.427. The van der Waals surface area contributed by atoms with Crippen LogP contribution in [-0.2, 0) is 6.42 Å². The molecule has 4 nitrogen and oxygen atoms in total. The molecule has 0 unspecified atom stereocenters. The molecule has 128 valence electrons. The predicted octanol–water partition coefficient (Wildman–Crippen LogP) is 4.86. The molecule has 2 rings (SSSR count). The van der Waals surface area contributed by atoms with Gasteiger partial charge in [0.15, 0.2) is 0 Å². The zero-order chi connectivity index (χ0) is 17.4. The van der Waals surface area contributed by atoms with Crippen LogP contribution in [0.2, 0.25) is 0 Å². The lowest BCUT2D eigenvalue weighted by atomic mass is 10.0. The zero-order valence-corrected chi connectivity index (χ0v) is 14.8. The summed E-state index contributed by atoms with van der Waals surface area (Å²) < 4.78 is 5.13. The summed E-state index contributed by atoms with van der Waals surface area (Å²) in [7, 11) is 0. The first-order valence-corrected chi connectivity index (χ1v) is 8.60. The SMILES string of the molecule is CCCCCCc1ccc(/C(C)=N\NC(=O)c2ccoc2C)cc1. The van der Waals surface area contributed by atoms with Gasteiger partial charge in [-0.15, -0.1) is 0 Å². The average Bonchev–Trinajstić information content (AvgIpc) is 3.03. The normalized spacial score (nSPS) is 11.5. The van der Waals surface area contributed by atoms with Gasteiger partial charge in [0.25, 0.3) is 5.91 Å². The van der Waals surface area contributed by atoms with Crippen LogP contribution in [-0.4, -0.2) is 11.6 Å². The zero-order valence-electron chi connectivity index (χ0n) is 14.8. The molecular formula is C20H26N2O2. The lowest BCUT2D eigenvalue weighted by molar-refractivity contribution is 0.0953. The summed E-state index contributed by atoms with van der Waals surface area (Å²) in [6.07, 6.45) is 7.71. The molecule has 1 amide bonds. The number of hydrogen-bond acceptors (Lipinski definition) is 3. The first kappa shape index (κ1) is 18.0. The van der Waals surface area contributed by atoms with E-state index in [1.807, 2.05) is 6.92 Å². The van der Waals surface area contributed by atoms with E-state index >= 15 is 0 Å². The highest BCUT2D eigenvalue weighted by atomic mass is 16.3. The third-order valence-corrected chi connectivity index (χ3v) is 4.12. The van der Waals surface area contributed by atoms with Crippen molar-refractivity contribution in [3.05, 3.63) is 59.0 Å². The molecule has 1 N–H and O–H groups in total. The molecule has 0 spiro atoms. The summed E-state index contributed by atoms with van der Waals surface area (Å²) in [6, 6.07) is 10.0. The minimum atomic E-state index is -0.256. The highest BCUT2D eigenvalue weighted by Gasteiger charge is 2.10. The Labute approximate surface area is 144 Å². The minimum Gasteiger partial charge on any atom is -0.469 e. The predicted molar refractivity (Wildman–Crippen MR) is 97.4 cm³/mol. The van der Waals surface area contributed by atoms with E-state index in [0.717, 1.165) is 17.7 Å². The minimum absolute atomic E-state index is 0.256. The van der Waals surface area contributed by atoms with Gasteiger partial charge in [0, 0.05) is 0 Å². The molecule has 0 aliphatic rings. The van der Waals surface area contributed by atoms with Crippen LogP contribution in [0.5, 0.6) is 0 Å². The monoisotopic (exact) mass is 326 g/mol. The van der Waals surface area contributed by atoms with E-state index in [9.17, 15) is 4.79 Å². The molecular weight excluding hydrogens is 300 g/mol. The van der Waals surface area contributed by atoms with E-state index < -0.39 is 0 Å². The molecule has 0 radical (unpaired) electrons. The number of aryl methyl sites for hydroxylation is 2. The Kier molecular flexibility index (Phi) is 6.79. The smallest absolute Gasteiger partial charge is 0.274 e. The maximum absolute atomic E-state index is 12.0. The maximum Gasteiger partial charge on any atom is 0.274 e. The summed E-state index contributed by atoms with van der Waals surface area (Å²) >= 11 is 0. The van der Waals surface area contributed by atoms with E-state index in [0.29, 0.717) is 11.3 Å². The Bertz CT molecular complexity index is 684. The van der Waals surface area contributed by atoms with Crippen LogP contribution >= 0.6 is 0 Å². The number of benzene rings is 1. The van der Waals surface area contributed by atoms with Crippen molar-refractivity contribution >= 4 is 11.6 Å². The Hall–Kier alpha value is -2.36. The van der Waals surface area contributed by atoms with E-state index in [4.69, 9.17) is 4.42 Å². The number of furan rings is 1. The molecule has 0 bridgehead atoms. The average molecular weight is 326 g/mol. The number of nitrogens with zero attached hydrogens (tertiary/aromatic N) is 1. The first-order chi connectivity index (χ1) is 11.6. The van der Waals surface area contributed by atoms with Gasteiger partial charge in [0.1, 0.15) is 5.76 Å². The number of carbonyl (C=O) groups is 1. The van der Waals surface area contributed by atoms with Gasteiger partial charge in [-0.25, -0.2) is 5.43 Å². The molecule has 0 aliphatic carbocycles. The maximum atomic E-state index is 12.0. The molecule has 0 atom stereocenters. The van der Waals surface area contributed by atoms with Gasteiger partial charge in [0.05, 0.1) is 17.5 Å². The Morgan fingerprint density at radius 1 is 1.12 bits per heavy atom. The van der Waals surface area contributed by atoms with Crippen molar-refractivity contribution in [3.63, 3.8) is 0 Å². The highest BCUT2D eigenvalue weighted by Crippen LogP contribution is 2.11. The summed E-state index contributed by atoms with van der Waals surface area (Å²) in [6.45, 7) is 5.87. The van der Waals surface area contributed by atoms with E-state index in [2.05, 4.69) is 41.7 Å². The van der Waals surface area contributed by atoms with Crippen LogP contribution in [0.25, 0.3) is 0 Å². The van der Waals surface area contributed by atoms with Gasteiger partial charge in [0.2, 0.25) is 0 Å². The molecule has 1 aromatic heterocycles. The number of hydrazone groups is 1. The fraction of sp³-hybridized carbons (Fsp3) is 0.400. The second-order valence-corrected chi connectivity index (χ2v) is 6.04. The van der Waals surface area contributed by atoms with Crippen LogP contribution in [0.1, 0.15) is 66.8 Å². The second-order valence-electron chi connectivity index (χ2n) is 6.04. The molecule has 0 aliphatic heterocycles. The highest BCUT2D eigenvalue weighted by molar-refractivity contribution is 6.01. The molecule has 0 saturated carbocycles. The Balaban J connectivity index is 1.90. The van der Waals surface area contributed by atoms with Gasteiger partial charge in [-0.2, -0.15) is 5.10 Å². The third kappa shape index (κ3) is 5.08. The van der Waals surface area contributed by atoms with Crippen molar-refractivity contribution in [2.45, 2.75) is 52.9 Å². The largest absolute Gasteiger partial charge is 0.469 e. The molecule has 0 saturated heterocycles. The topological polar surface area (TPSA) is 54.6 Å². The molecule has 24 heavy (non-hydrogen) atoms. The number of hydrogen-bond donors (Lipinski definition) is 1. The van der Waals surface area contributed by atoms with Crippen LogP contribution in [0.3, 0.4) is 0 Å². The second kappa shape index (κ2) is 9.06. The summed E-state index contributed by atoms with van der Waals surface area (Å²) in [4.78, 5) is 12.0. The molecule has 1 aromatic carbocycles. The van der Waals surface area contributed by atoms with Gasteiger partial charge in [-0.1, -0.05) is 50.5 Å². The van der Waals surface area contributed by atoms with E-state index in [1.54, 1.807) is 13.0 Å². The fourth-order valence-electron chi connectivity index (χ4n) is 2.55. The van der Waals surface area contributed by atoms with Gasteiger partial charge in [-0.3, -0.25) is 4.79 Å². The molecule has 0 fully saturated rings. The van der Waals surface area contributed by atoms with Crippen molar-refractivity contribution in [3.8, 4) is 0 Å². The van der Waals surface area contributed by atoms with E-state index in [-0.39, 0.29) is 5.91 Å². The summed E-state index contributed by atoms with van der Waals surface area (Å²) in [5.74, 6) is 0.334. The van der Waals surface area contributed by atoms with Crippen molar-refractivity contribution in [1.82, 2.24) is 5.43 Å². The van der Waals surface area contributed by atoms with Gasteiger partial charge in [-0.05, 0) is 43.9 Å². The van der Waals surface area contributed by atoms with E-state index in [1.165, 1.54) is 37.5 Å². The van der Waals surface area contributed by atoms with Crippen molar-refractivity contribution in [1.29, 1.82) is 0 Å². The van der Waals surface area contributed by atoms with Crippen molar-refractivity contribution in [2.24, 2.45) is 5.10 Å². The standard InChI is InChI=1S/C20H26N2O2/c1-4-5-6-7-8-17-9-11-18(12-10-17)15(2)21-22-20(23)19-13-14-24-16(19)3/h9-14H,4-8H2,1-3H3,(H,22,23)/b21-15-. The lowest BCUT2D eigenvalue weighted by Crippen LogP contribution is -2.19. The molecule has 1 heterocycles. The number of nitrogens with one attached hydrogen (secondary N) is 1. The van der Waals surface area contributed by atoms with Crippen molar-refractivity contribution < 1.29 is 9.21 Å². The number of rotatable bonds is 8. The van der Waals surface area contributed by atoms with Crippen LogP contribution in [0, 0.1) is 6.92 Å². The van der Waals surface area contributed by atoms with Crippen molar-refractivity contribution in [2.75, 3.05) is 0 Å².